The van der Waals surface area contributed by atoms with E-state index in [0.29, 0.717) is 11.3 Å². The molecule has 0 bridgehead atoms. The average Bonchev–Trinajstić information content (AvgIpc) is 2.62. The number of fused-ring (bicyclic) bond motifs is 1. The molecule has 0 unspecified atom stereocenters. The standard InChI is InChI=1S/C18H17BrN2O3/c1-18(2)17(23)21(24-11-12-6-4-3-5-7-12)16(22)14-10-13(19)8-9-15(14)20-18/h3-10,20H,11H2,1-2H3. The largest absolute Gasteiger partial charge is 0.371 e. The molecule has 1 N–H and O–H groups in total. The summed E-state index contributed by atoms with van der Waals surface area (Å²) in [7, 11) is 0. The summed E-state index contributed by atoms with van der Waals surface area (Å²) in [6, 6.07) is 14.7. The molecule has 0 radical (unpaired) electrons. The lowest BCUT2D eigenvalue weighted by Crippen LogP contribution is -2.49. The molecule has 2 amide bonds. The van der Waals surface area contributed by atoms with Gasteiger partial charge in [0.25, 0.3) is 11.8 Å². The molecule has 0 saturated heterocycles. The monoisotopic (exact) mass is 388 g/mol. The molecule has 2 aromatic carbocycles. The van der Waals surface area contributed by atoms with Crippen LogP contribution in [0.2, 0.25) is 0 Å². The number of amides is 2. The van der Waals surface area contributed by atoms with Gasteiger partial charge in [0.1, 0.15) is 12.1 Å². The molecule has 0 aromatic heterocycles. The van der Waals surface area contributed by atoms with E-state index < -0.39 is 17.4 Å². The van der Waals surface area contributed by atoms with Crippen molar-refractivity contribution in [1.82, 2.24) is 5.06 Å². The first-order valence-electron chi connectivity index (χ1n) is 7.52. The van der Waals surface area contributed by atoms with E-state index in [-0.39, 0.29) is 6.61 Å². The molecule has 5 nitrogen and oxygen atoms in total. The zero-order valence-corrected chi connectivity index (χ0v) is 15.0. The van der Waals surface area contributed by atoms with Crippen molar-refractivity contribution in [2.24, 2.45) is 0 Å². The molecule has 3 rings (SSSR count). The summed E-state index contributed by atoms with van der Waals surface area (Å²) in [5.74, 6) is -0.916. The van der Waals surface area contributed by atoms with Crippen molar-refractivity contribution < 1.29 is 14.4 Å². The third kappa shape index (κ3) is 3.20. The van der Waals surface area contributed by atoms with Gasteiger partial charge in [-0.15, -0.1) is 5.06 Å². The third-order valence-corrected chi connectivity index (χ3v) is 4.26. The Kier molecular flexibility index (Phi) is 4.43. The van der Waals surface area contributed by atoms with Crippen LogP contribution in [-0.2, 0) is 16.2 Å². The average molecular weight is 389 g/mol. The molecule has 6 heteroatoms. The van der Waals surface area contributed by atoms with E-state index >= 15 is 0 Å². The van der Waals surface area contributed by atoms with Gasteiger partial charge in [-0.2, -0.15) is 0 Å². The highest BCUT2D eigenvalue weighted by atomic mass is 79.9. The minimum Gasteiger partial charge on any atom is -0.371 e. The van der Waals surface area contributed by atoms with Crippen LogP contribution in [0.1, 0.15) is 29.8 Å². The zero-order chi connectivity index (χ0) is 17.3. The van der Waals surface area contributed by atoms with Crippen molar-refractivity contribution in [1.29, 1.82) is 0 Å². The van der Waals surface area contributed by atoms with Crippen LogP contribution in [0.25, 0.3) is 0 Å². The highest BCUT2D eigenvalue weighted by Crippen LogP contribution is 2.30. The fourth-order valence-corrected chi connectivity index (χ4v) is 2.84. The van der Waals surface area contributed by atoms with E-state index in [9.17, 15) is 9.59 Å². The number of carbonyl (C=O) groups is 2. The molecule has 1 heterocycles. The molecule has 1 aliphatic heterocycles. The van der Waals surface area contributed by atoms with Crippen LogP contribution in [0.3, 0.4) is 0 Å². The lowest BCUT2D eigenvalue weighted by atomic mass is 10.0. The van der Waals surface area contributed by atoms with E-state index in [1.165, 1.54) is 0 Å². The van der Waals surface area contributed by atoms with Crippen molar-refractivity contribution in [3.63, 3.8) is 0 Å². The van der Waals surface area contributed by atoms with E-state index in [0.717, 1.165) is 15.1 Å². The summed E-state index contributed by atoms with van der Waals surface area (Å²) in [6.45, 7) is 3.58. The lowest BCUT2D eigenvalue weighted by Gasteiger charge is -2.27. The fourth-order valence-electron chi connectivity index (χ4n) is 2.48. The maximum atomic E-state index is 12.8. The molecule has 0 aliphatic carbocycles. The number of hydrogen-bond acceptors (Lipinski definition) is 4. The van der Waals surface area contributed by atoms with Crippen LogP contribution >= 0.6 is 15.9 Å². The first-order valence-corrected chi connectivity index (χ1v) is 8.31. The van der Waals surface area contributed by atoms with Crippen LogP contribution in [0.4, 0.5) is 5.69 Å². The van der Waals surface area contributed by atoms with Gasteiger partial charge in [0.05, 0.1) is 5.56 Å². The number of rotatable bonds is 3. The first-order chi connectivity index (χ1) is 11.4. The summed E-state index contributed by atoms with van der Waals surface area (Å²) in [4.78, 5) is 31.2. The van der Waals surface area contributed by atoms with E-state index in [1.807, 2.05) is 36.4 Å². The second-order valence-corrected chi connectivity index (χ2v) is 7.02. The number of benzene rings is 2. The number of hydroxylamine groups is 2. The van der Waals surface area contributed by atoms with Gasteiger partial charge in [0, 0.05) is 10.2 Å². The maximum Gasteiger partial charge on any atom is 0.287 e. The first kappa shape index (κ1) is 16.7. The van der Waals surface area contributed by atoms with Gasteiger partial charge in [0.15, 0.2) is 0 Å². The van der Waals surface area contributed by atoms with Crippen LogP contribution < -0.4 is 5.32 Å². The summed E-state index contributed by atoms with van der Waals surface area (Å²) in [5.41, 5.74) is 0.900. The third-order valence-electron chi connectivity index (χ3n) is 3.77. The van der Waals surface area contributed by atoms with Gasteiger partial charge in [0.2, 0.25) is 0 Å². The number of nitrogens with one attached hydrogen (secondary N) is 1. The SMILES string of the molecule is CC1(C)Nc2ccc(Br)cc2C(=O)N(OCc2ccccc2)C1=O. The van der Waals surface area contributed by atoms with Crippen LogP contribution in [-0.4, -0.2) is 22.4 Å². The topological polar surface area (TPSA) is 58.6 Å². The maximum absolute atomic E-state index is 12.8. The van der Waals surface area contributed by atoms with Crippen LogP contribution in [0.5, 0.6) is 0 Å². The smallest absolute Gasteiger partial charge is 0.287 e. The predicted molar refractivity (Wildman–Crippen MR) is 94.3 cm³/mol. The minimum atomic E-state index is -0.967. The van der Waals surface area contributed by atoms with Crippen molar-refractivity contribution in [3.8, 4) is 0 Å². The molecule has 124 valence electrons. The minimum absolute atomic E-state index is 0.137. The van der Waals surface area contributed by atoms with E-state index in [1.54, 1.807) is 26.0 Å². The number of halogens is 1. The van der Waals surface area contributed by atoms with E-state index in [4.69, 9.17) is 4.84 Å². The Balaban J connectivity index is 1.94. The molecule has 2 aromatic rings. The second-order valence-electron chi connectivity index (χ2n) is 6.10. The van der Waals surface area contributed by atoms with Crippen LogP contribution in [0.15, 0.2) is 53.0 Å². The Hall–Kier alpha value is -2.18. The predicted octanol–water partition coefficient (Wildman–Crippen LogP) is 3.75. The van der Waals surface area contributed by atoms with Gasteiger partial charge in [-0.05, 0) is 37.6 Å². The number of nitrogens with zero attached hydrogens (tertiary/aromatic N) is 1. The lowest BCUT2D eigenvalue weighted by molar-refractivity contribution is -0.177. The Morgan fingerprint density at radius 2 is 1.83 bits per heavy atom. The molecule has 24 heavy (non-hydrogen) atoms. The van der Waals surface area contributed by atoms with Crippen molar-refractivity contribution in [2.45, 2.75) is 26.0 Å². The highest BCUT2D eigenvalue weighted by molar-refractivity contribution is 9.10. The quantitative estimate of drug-likeness (QED) is 0.813. The number of imide groups is 1. The van der Waals surface area contributed by atoms with Crippen LogP contribution in [0, 0.1) is 0 Å². The Labute approximate surface area is 148 Å². The Bertz CT molecular complexity index is 790. The fraction of sp³-hybridized carbons (Fsp3) is 0.222. The Morgan fingerprint density at radius 1 is 1.12 bits per heavy atom. The summed E-state index contributed by atoms with van der Waals surface area (Å²) >= 11 is 3.36. The van der Waals surface area contributed by atoms with Gasteiger partial charge in [-0.25, -0.2) is 0 Å². The van der Waals surface area contributed by atoms with Crippen molar-refractivity contribution >= 4 is 33.4 Å². The molecule has 0 atom stereocenters. The highest BCUT2D eigenvalue weighted by Gasteiger charge is 2.41. The van der Waals surface area contributed by atoms with Gasteiger partial charge >= 0.3 is 0 Å². The van der Waals surface area contributed by atoms with Gasteiger partial charge in [-0.1, -0.05) is 46.3 Å². The second kappa shape index (κ2) is 6.37. The molecule has 0 fully saturated rings. The summed E-state index contributed by atoms with van der Waals surface area (Å²) in [6.07, 6.45) is 0. The number of anilines is 1. The normalized spacial score (nSPS) is 16.4. The molecular weight excluding hydrogens is 372 g/mol. The zero-order valence-electron chi connectivity index (χ0n) is 13.4. The van der Waals surface area contributed by atoms with Gasteiger partial charge < -0.3 is 5.32 Å². The number of hydrogen-bond donors (Lipinski definition) is 1. The molecule has 0 spiro atoms. The molecule has 0 saturated carbocycles. The van der Waals surface area contributed by atoms with Crippen molar-refractivity contribution in [3.05, 3.63) is 64.1 Å². The van der Waals surface area contributed by atoms with E-state index in [2.05, 4.69) is 21.2 Å². The summed E-state index contributed by atoms with van der Waals surface area (Å²) < 4.78 is 0.756. The van der Waals surface area contributed by atoms with Gasteiger partial charge in [-0.3, -0.25) is 14.4 Å². The molecule has 1 aliphatic rings. The van der Waals surface area contributed by atoms with Crippen molar-refractivity contribution in [2.75, 3.05) is 5.32 Å². The Morgan fingerprint density at radius 3 is 2.54 bits per heavy atom. The number of carbonyl (C=O) groups excluding carboxylic acids is 2. The summed E-state index contributed by atoms with van der Waals surface area (Å²) in [5, 5.41) is 3.98. The molecular formula is C18H17BrN2O3.